The topological polar surface area (TPSA) is 95.9 Å². The Kier molecular flexibility index (Phi) is 63.0. The lowest BCUT2D eigenvalue weighted by Gasteiger charge is -2.22. The lowest BCUT2D eigenvalue weighted by Crippen LogP contribution is -2.45. The van der Waals surface area contributed by atoms with Crippen LogP contribution in [0.25, 0.3) is 0 Å². The van der Waals surface area contributed by atoms with E-state index < -0.39 is 12.1 Å². The summed E-state index contributed by atoms with van der Waals surface area (Å²) in [6.45, 7) is 4.96. The summed E-state index contributed by atoms with van der Waals surface area (Å²) >= 11 is 0. The minimum absolute atomic E-state index is 0.00933. The first-order valence-corrected chi connectivity index (χ1v) is 33.7. The van der Waals surface area contributed by atoms with Crippen molar-refractivity contribution in [3.63, 3.8) is 0 Å². The van der Waals surface area contributed by atoms with Crippen LogP contribution in [0.5, 0.6) is 0 Å². The van der Waals surface area contributed by atoms with Gasteiger partial charge in [0.15, 0.2) is 0 Å². The molecule has 0 fully saturated rings. The van der Waals surface area contributed by atoms with Crippen LogP contribution in [-0.2, 0) is 14.3 Å². The number of amides is 1. The molecule has 1 amide bonds. The van der Waals surface area contributed by atoms with Crippen LogP contribution >= 0.6 is 0 Å². The van der Waals surface area contributed by atoms with Crippen molar-refractivity contribution >= 4 is 11.9 Å². The van der Waals surface area contributed by atoms with Gasteiger partial charge < -0.3 is 20.3 Å². The van der Waals surface area contributed by atoms with Crippen molar-refractivity contribution in [2.75, 3.05) is 13.2 Å². The Morgan fingerprint density at radius 3 is 1.03 bits per heavy atom. The number of hydrogen-bond acceptors (Lipinski definition) is 5. The fourth-order valence-electron chi connectivity index (χ4n) is 10.5. The van der Waals surface area contributed by atoms with Crippen LogP contribution in [0.3, 0.4) is 0 Å². The molecule has 0 spiro atoms. The molecule has 0 bridgehead atoms. The number of aliphatic hydroxyl groups is 2. The van der Waals surface area contributed by atoms with Crippen molar-refractivity contribution in [1.82, 2.24) is 5.32 Å². The smallest absolute Gasteiger partial charge is 0.305 e. The quantitative estimate of drug-likeness (QED) is 0.0320. The van der Waals surface area contributed by atoms with Crippen LogP contribution in [0.4, 0.5) is 0 Å². The zero-order valence-corrected chi connectivity index (χ0v) is 50.5. The summed E-state index contributed by atoms with van der Waals surface area (Å²) in [6.07, 6.45) is 81.9. The molecule has 2 atom stereocenters. The maximum Gasteiger partial charge on any atom is 0.305 e. The van der Waals surface area contributed by atoms with Gasteiger partial charge in [-0.2, -0.15) is 0 Å². The third kappa shape index (κ3) is 61.2. The number of allylic oxidation sites excluding steroid dienone is 6. The largest absolute Gasteiger partial charge is 0.466 e. The molecule has 0 aromatic rings. The van der Waals surface area contributed by atoms with Crippen molar-refractivity contribution in [3.8, 4) is 0 Å². The molecule has 0 radical (unpaired) electrons. The summed E-state index contributed by atoms with van der Waals surface area (Å²) in [5.74, 6) is -0.0266. The van der Waals surface area contributed by atoms with Gasteiger partial charge in [0.1, 0.15) is 0 Å². The molecule has 0 heterocycles. The van der Waals surface area contributed by atoms with E-state index in [9.17, 15) is 19.8 Å². The summed E-state index contributed by atoms with van der Waals surface area (Å²) in [5.41, 5.74) is 0. The van der Waals surface area contributed by atoms with Crippen LogP contribution in [0, 0.1) is 0 Å². The Hall–Kier alpha value is -1.92. The highest BCUT2D eigenvalue weighted by atomic mass is 16.5. The summed E-state index contributed by atoms with van der Waals surface area (Å²) in [4.78, 5) is 24.5. The van der Waals surface area contributed by atoms with Gasteiger partial charge in [-0.3, -0.25) is 9.59 Å². The molecule has 75 heavy (non-hydrogen) atoms. The number of aliphatic hydroxyl groups excluding tert-OH is 2. The molecular weight excluding hydrogens is 923 g/mol. The molecule has 0 aromatic carbocycles. The highest BCUT2D eigenvalue weighted by Gasteiger charge is 2.20. The average Bonchev–Trinajstić information content (AvgIpc) is 3.41. The van der Waals surface area contributed by atoms with E-state index in [2.05, 4.69) is 55.6 Å². The first kappa shape index (κ1) is 73.1. The maximum absolute atomic E-state index is 12.5. The third-order valence-electron chi connectivity index (χ3n) is 15.7. The molecule has 6 nitrogen and oxygen atoms in total. The summed E-state index contributed by atoms with van der Waals surface area (Å²) in [6, 6.07) is -0.541. The number of nitrogens with one attached hydrogen (secondary N) is 1. The number of carbonyl (C=O) groups excluding carboxylic acids is 2. The molecule has 2 unspecified atom stereocenters. The second-order valence-corrected chi connectivity index (χ2v) is 23.1. The Morgan fingerprint density at radius 2 is 0.667 bits per heavy atom. The lowest BCUT2D eigenvalue weighted by atomic mass is 10.0. The highest BCUT2D eigenvalue weighted by molar-refractivity contribution is 5.76. The maximum atomic E-state index is 12.5. The van der Waals surface area contributed by atoms with Gasteiger partial charge in [0.2, 0.25) is 5.91 Å². The second kappa shape index (κ2) is 64.6. The molecule has 0 saturated carbocycles. The van der Waals surface area contributed by atoms with Crippen molar-refractivity contribution in [2.45, 2.75) is 379 Å². The van der Waals surface area contributed by atoms with E-state index in [1.54, 1.807) is 0 Å². The van der Waals surface area contributed by atoms with E-state index in [0.717, 1.165) is 51.4 Å². The van der Waals surface area contributed by atoms with Crippen LogP contribution in [0.1, 0.15) is 367 Å². The lowest BCUT2D eigenvalue weighted by molar-refractivity contribution is -0.143. The van der Waals surface area contributed by atoms with Crippen LogP contribution in [-0.4, -0.2) is 47.4 Å². The molecule has 442 valence electrons. The van der Waals surface area contributed by atoms with Gasteiger partial charge in [0.25, 0.3) is 0 Å². The third-order valence-corrected chi connectivity index (χ3v) is 15.7. The molecule has 6 heteroatoms. The van der Waals surface area contributed by atoms with Crippen molar-refractivity contribution < 1.29 is 24.5 Å². The highest BCUT2D eigenvalue weighted by Crippen LogP contribution is 2.18. The predicted octanol–water partition coefficient (Wildman–Crippen LogP) is 21.5. The van der Waals surface area contributed by atoms with Gasteiger partial charge in [0, 0.05) is 12.8 Å². The van der Waals surface area contributed by atoms with Gasteiger partial charge >= 0.3 is 5.97 Å². The van der Waals surface area contributed by atoms with E-state index in [0.29, 0.717) is 25.9 Å². The van der Waals surface area contributed by atoms with Crippen LogP contribution in [0.2, 0.25) is 0 Å². The Labute approximate surface area is 468 Å². The van der Waals surface area contributed by atoms with Crippen molar-refractivity contribution in [2.24, 2.45) is 0 Å². The van der Waals surface area contributed by atoms with E-state index in [1.165, 1.54) is 283 Å². The van der Waals surface area contributed by atoms with Crippen LogP contribution in [0.15, 0.2) is 36.5 Å². The fraction of sp³-hybridized carbons (Fsp3) is 0.884. The standard InChI is InChI=1S/C69H131NO5/c1-3-5-7-9-11-13-15-16-17-18-33-36-39-43-47-51-55-59-63-69(74)75-64-60-56-52-48-44-40-37-34-31-29-27-25-23-21-19-20-22-24-26-28-30-32-35-38-42-46-50-54-58-62-68(73)70-66(65-71)67(72)61-57-53-49-45-41-14-12-10-8-6-4-2/h17-19,21,25,27,66-67,71-72H,3-16,20,22-24,26,28-65H2,1-2H3,(H,70,73)/b18-17-,21-19-,27-25-. The van der Waals surface area contributed by atoms with Gasteiger partial charge in [0.05, 0.1) is 25.4 Å². The summed E-state index contributed by atoms with van der Waals surface area (Å²) < 4.78 is 5.50. The first-order chi connectivity index (χ1) is 37.0. The number of ether oxygens (including phenoxy) is 1. The molecule has 0 aliphatic carbocycles. The zero-order valence-electron chi connectivity index (χ0n) is 50.5. The van der Waals surface area contributed by atoms with Gasteiger partial charge in [-0.05, 0) is 83.5 Å². The fourth-order valence-corrected chi connectivity index (χ4v) is 10.5. The second-order valence-electron chi connectivity index (χ2n) is 23.1. The number of hydrogen-bond donors (Lipinski definition) is 3. The monoisotopic (exact) mass is 1050 g/mol. The molecule has 3 N–H and O–H groups in total. The van der Waals surface area contributed by atoms with Crippen molar-refractivity contribution in [1.29, 1.82) is 0 Å². The Balaban J connectivity index is 3.38. The molecule has 0 rings (SSSR count). The number of unbranched alkanes of at least 4 members (excludes halogenated alkanes) is 46. The Bertz CT molecular complexity index is 1210. The average molecular weight is 1050 g/mol. The SMILES string of the molecule is CCCCCCCCC/C=C\CCCCCCCCCC(=O)OCCCCCCCCCCC/C=C\C/C=C\CCCCCCCCCCCCCCCC(=O)NC(CO)C(O)CCCCCCCCCCCCC. The molecule has 0 saturated heterocycles. The first-order valence-electron chi connectivity index (χ1n) is 33.7. The number of esters is 1. The number of carbonyl (C=O) groups is 2. The van der Waals surface area contributed by atoms with Gasteiger partial charge in [-0.25, -0.2) is 0 Å². The summed E-state index contributed by atoms with van der Waals surface area (Å²) in [7, 11) is 0. The minimum atomic E-state index is -0.664. The minimum Gasteiger partial charge on any atom is -0.466 e. The Morgan fingerprint density at radius 1 is 0.373 bits per heavy atom. The normalized spacial score (nSPS) is 12.7. The predicted molar refractivity (Wildman–Crippen MR) is 329 cm³/mol. The van der Waals surface area contributed by atoms with E-state index in [1.807, 2.05) is 0 Å². The van der Waals surface area contributed by atoms with Crippen molar-refractivity contribution in [3.05, 3.63) is 36.5 Å². The van der Waals surface area contributed by atoms with E-state index in [4.69, 9.17) is 4.74 Å². The van der Waals surface area contributed by atoms with Crippen LogP contribution < -0.4 is 5.32 Å². The van der Waals surface area contributed by atoms with Gasteiger partial charge in [-0.15, -0.1) is 0 Å². The van der Waals surface area contributed by atoms with Gasteiger partial charge in [-0.1, -0.05) is 307 Å². The molecule has 0 aliphatic heterocycles. The van der Waals surface area contributed by atoms with E-state index in [-0.39, 0.29) is 18.5 Å². The molecule has 0 aliphatic rings. The zero-order chi connectivity index (χ0) is 54.3. The summed E-state index contributed by atoms with van der Waals surface area (Å²) in [5, 5.41) is 23.2. The molecule has 0 aromatic heterocycles. The van der Waals surface area contributed by atoms with E-state index >= 15 is 0 Å². The molecular formula is C69H131NO5. The number of rotatable bonds is 63.